The van der Waals surface area contributed by atoms with Crippen LogP contribution in [0.1, 0.15) is 25.1 Å². The van der Waals surface area contributed by atoms with Crippen LogP contribution in [0.15, 0.2) is 39.7 Å². The molecule has 0 aliphatic carbocycles. The first-order valence-electron chi connectivity index (χ1n) is 7.72. The summed E-state index contributed by atoms with van der Waals surface area (Å²) in [6, 6.07) is 5.93. The summed E-state index contributed by atoms with van der Waals surface area (Å²) in [4.78, 5) is 27.1. The molecule has 0 unspecified atom stereocenters. The van der Waals surface area contributed by atoms with Crippen LogP contribution >= 0.6 is 11.3 Å². The summed E-state index contributed by atoms with van der Waals surface area (Å²) in [6.45, 7) is 4.75. The molecule has 1 amide bonds. The Labute approximate surface area is 160 Å². The molecule has 1 aromatic heterocycles. The highest BCUT2D eigenvalue weighted by Crippen LogP contribution is 2.18. The number of ether oxygens (including phenoxy) is 1. The van der Waals surface area contributed by atoms with Gasteiger partial charge in [0.2, 0.25) is 11.6 Å². The zero-order valence-electron chi connectivity index (χ0n) is 14.8. The molecule has 0 spiro atoms. The van der Waals surface area contributed by atoms with Crippen LogP contribution in [-0.2, 0) is 28.7 Å². The second kappa shape index (κ2) is 8.73. The van der Waals surface area contributed by atoms with Gasteiger partial charge in [0.15, 0.2) is 5.13 Å². The van der Waals surface area contributed by atoms with Crippen molar-refractivity contribution in [1.82, 2.24) is 4.98 Å². The Hall–Kier alpha value is -2.79. The second-order valence-corrected chi connectivity index (χ2v) is 7.61. The number of carbonyl (C=O) groups is 2. The van der Waals surface area contributed by atoms with E-state index in [0.717, 1.165) is 16.9 Å². The molecular weight excluding hydrogens is 394 g/mol. The van der Waals surface area contributed by atoms with Gasteiger partial charge in [0.05, 0.1) is 6.61 Å². The molecule has 0 atom stereocenters. The van der Waals surface area contributed by atoms with Crippen molar-refractivity contribution < 1.29 is 27.0 Å². The molecule has 11 heteroatoms. The van der Waals surface area contributed by atoms with Gasteiger partial charge in [-0.05, 0) is 26.0 Å². The van der Waals surface area contributed by atoms with E-state index >= 15 is 0 Å². The molecule has 27 heavy (non-hydrogen) atoms. The van der Waals surface area contributed by atoms with Crippen molar-refractivity contribution in [1.29, 1.82) is 0 Å². The molecule has 0 radical (unpaired) electrons. The van der Waals surface area contributed by atoms with Crippen molar-refractivity contribution in [3.05, 3.63) is 40.9 Å². The van der Waals surface area contributed by atoms with Gasteiger partial charge in [0.25, 0.3) is 0 Å². The molecule has 9 nitrogen and oxygen atoms in total. The van der Waals surface area contributed by atoms with Gasteiger partial charge in [-0.1, -0.05) is 22.9 Å². The van der Waals surface area contributed by atoms with Crippen LogP contribution in [0, 0.1) is 6.92 Å². The molecular formula is C16H17N3O6S2. The standard InChI is InChI=1S/C16H17N3O6S2/c1-4-24-15(21)14(13-9-26-16(18-13)17-11(3)20)19-25-27(22,23)12-7-5-10(2)6-8-12/h5-9H,4H2,1-3H3,(H,17,18,20)/b19-14-. The van der Waals surface area contributed by atoms with Crippen molar-refractivity contribution >= 4 is 44.2 Å². The average molecular weight is 411 g/mol. The third-order valence-corrected chi connectivity index (χ3v) is 4.91. The molecule has 1 aromatic carbocycles. The third kappa shape index (κ3) is 5.59. The van der Waals surface area contributed by atoms with Gasteiger partial charge in [-0.25, -0.2) is 9.78 Å². The molecule has 0 saturated carbocycles. The number of carbonyl (C=O) groups excluding carboxylic acids is 2. The summed E-state index contributed by atoms with van der Waals surface area (Å²) in [7, 11) is -4.23. The van der Waals surface area contributed by atoms with E-state index < -0.39 is 21.8 Å². The van der Waals surface area contributed by atoms with E-state index in [2.05, 4.69) is 19.7 Å². The van der Waals surface area contributed by atoms with E-state index in [1.807, 2.05) is 6.92 Å². The minimum Gasteiger partial charge on any atom is -0.461 e. The second-order valence-electron chi connectivity index (χ2n) is 5.22. The van der Waals surface area contributed by atoms with Gasteiger partial charge in [-0.15, -0.1) is 11.3 Å². The summed E-state index contributed by atoms with van der Waals surface area (Å²) >= 11 is 1.04. The van der Waals surface area contributed by atoms with Gasteiger partial charge >= 0.3 is 16.1 Å². The first-order valence-corrected chi connectivity index (χ1v) is 10.0. The number of thiazole rings is 1. The SMILES string of the molecule is CCOC(=O)/C(=N\OS(=O)(=O)c1ccc(C)cc1)c1csc(NC(C)=O)n1. The maximum absolute atomic E-state index is 12.3. The lowest BCUT2D eigenvalue weighted by atomic mass is 10.2. The molecule has 0 aliphatic rings. The molecule has 0 saturated heterocycles. The van der Waals surface area contributed by atoms with E-state index in [-0.39, 0.29) is 28.2 Å². The molecule has 0 aliphatic heterocycles. The van der Waals surface area contributed by atoms with Crippen LogP contribution in [0.5, 0.6) is 0 Å². The van der Waals surface area contributed by atoms with Crippen molar-refractivity contribution in [3.8, 4) is 0 Å². The predicted octanol–water partition coefficient (Wildman–Crippen LogP) is 2.08. The van der Waals surface area contributed by atoms with Crippen molar-refractivity contribution in [2.24, 2.45) is 5.16 Å². The van der Waals surface area contributed by atoms with E-state index in [9.17, 15) is 18.0 Å². The van der Waals surface area contributed by atoms with Gasteiger partial charge in [0, 0.05) is 12.3 Å². The summed E-state index contributed by atoms with van der Waals surface area (Å²) in [6.07, 6.45) is 0. The number of nitrogens with one attached hydrogen (secondary N) is 1. The fourth-order valence-electron chi connectivity index (χ4n) is 1.81. The Morgan fingerprint density at radius 3 is 2.52 bits per heavy atom. The van der Waals surface area contributed by atoms with Crippen molar-refractivity contribution in [2.75, 3.05) is 11.9 Å². The number of hydrogen-bond acceptors (Lipinski definition) is 9. The molecule has 2 rings (SSSR count). The quantitative estimate of drug-likeness (QED) is 0.420. The molecule has 1 N–H and O–H groups in total. The number of nitrogens with zero attached hydrogens (tertiary/aromatic N) is 2. The number of rotatable bonds is 7. The van der Waals surface area contributed by atoms with Gasteiger partial charge in [-0.2, -0.15) is 8.42 Å². The largest absolute Gasteiger partial charge is 0.461 e. The molecule has 0 bridgehead atoms. The predicted molar refractivity (Wildman–Crippen MR) is 99.0 cm³/mol. The summed E-state index contributed by atoms with van der Waals surface area (Å²) < 4.78 is 34.0. The summed E-state index contributed by atoms with van der Waals surface area (Å²) in [5, 5.41) is 7.56. The Balaban J connectivity index is 2.33. The first kappa shape index (κ1) is 20.5. The highest BCUT2D eigenvalue weighted by molar-refractivity contribution is 7.86. The van der Waals surface area contributed by atoms with Gasteiger partial charge < -0.3 is 10.1 Å². The summed E-state index contributed by atoms with van der Waals surface area (Å²) in [5.74, 6) is -1.25. The van der Waals surface area contributed by atoms with Crippen LogP contribution in [0.25, 0.3) is 0 Å². The molecule has 2 aromatic rings. The smallest absolute Gasteiger partial charge is 0.362 e. The number of oxime groups is 1. The molecule has 144 valence electrons. The first-order chi connectivity index (χ1) is 12.7. The van der Waals surface area contributed by atoms with Crippen LogP contribution in [0.3, 0.4) is 0 Å². The fourth-order valence-corrected chi connectivity index (χ4v) is 3.28. The van der Waals surface area contributed by atoms with Gasteiger partial charge in [-0.3, -0.25) is 9.08 Å². The van der Waals surface area contributed by atoms with Crippen molar-refractivity contribution in [2.45, 2.75) is 25.7 Å². The molecule has 0 fully saturated rings. The lowest BCUT2D eigenvalue weighted by molar-refractivity contribution is -0.135. The normalized spacial score (nSPS) is 11.7. The van der Waals surface area contributed by atoms with Crippen molar-refractivity contribution in [3.63, 3.8) is 0 Å². The monoisotopic (exact) mass is 411 g/mol. The third-order valence-electron chi connectivity index (χ3n) is 3.03. The van der Waals surface area contributed by atoms with Crippen LogP contribution in [-0.4, -0.2) is 37.6 Å². The highest BCUT2D eigenvalue weighted by atomic mass is 32.2. The number of benzene rings is 1. The minimum absolute atomic E-state index is 0.0151. The minimum atomic E-state index is -4.23. The van der Waals surface area contributed by atoms with Gasteiger partial charge in [0.1, 0.15) is 10.6 Å². The van der Waals surface area contributed by atoms with Crippen LogP contribution < -0.4 is 5.32 Å². The topological polar surface area (TPSA) is 124 Å². The van der Waals surface area contributed by atoms with E-state index in [0.29, 0.717) is 0 Å². The Kier molecular flexibility index (Phi) is 6.64. The Bertz CT molecular complexity index is 964. The maximum Gasteiger partial charge on any atom is 0.362 e. The highest BCUT2D eigenvalue weighted by Gasteiger charge is 2.23. The van der Waals surface area contributed by atoms with Crippen LogP contribution in [0.2, 0.25) is 0 Å². The number of aryl methyl sites for hydroxylation is 1. The van der Waals surface area contributed by atoms with E-state index in [1.54, 1.807) is 19.1 Å². The van der Waals surface area contributed by atoms with Crippen LogP contribution in [0.4, 0.5) is 5.13 Å². The number of amides is 1. The lowest BCUT2D eigenvalue weighted by Crippen LogP contribution is -2.20. The number of aromatic nitrogens is 1. The van der Waals surface area contributed by atoms with E-state index in [1.165, 1.54) is 24.4 Å². The number of esters is 1. The summed E-state index contributed by atoms with van der Waals surface area (Å²) in [5.41, 5.74) is 0.458. The average Bonchev–Trinajstić information content (AvgIpc) is 3.03. The lowest BCUT2D eigenvalue weighted by Gasteiger charge is -2.05. The van der Waals surface area contributed by atoms with E-state index in [4.69, 9.17) is 4.74 Å². The Morgan fingerprint density at radius 2 is 1.93 bits per heavy atom. The number of anilines is 1. The Morgan fingerprint density at radius 1 is 1.26 bits per heavy atom. The maximum atomic E-state index is 12.3. The zero-order chi connectivity index (χ0) is 20.0. The molecule has 1 heterocycles. The number of hydrogen-bond donors (Lipinski definition) is 1. The zero-order valence-corrected chi connectivity index (χ0v) is 16.4. The fraction of sp³-hybridized carbons (Fsp3) is 0.250.